The van der Waals surface area contributed by atoms with Crippen LogP contribution in [0.1, 0.15) is 54.9 Å². The summed E-state index contributed by atoms with van der Waals surface area (Å²) in [6.07, 6.45) is 1.21. The smallest absolute Gasteiger partial charge is 0.166 e. The number of hydrogen-bond donors (Lipinski definition) is 0. The lowest BCUT2D eigenvalue weighted by molar-refractivity contribution is 0.623. The van der Waals surface area contributed by atoms with Crippen molar-refractivity contribution < 1.29 is 0 Å². The Morgan fingerprint density at radius 2 is 1.23 bits per heavy atom. The van der Waals surface area contributed by atoms with Crippen LogP contribution in [-0.2, 0) is 0 Å². The Labute approximate surface area is 89.8 Å². The lowest BCUT2D eigenvalue weighted by atomic mass is 10.2. The molecule has 0 aromatic heterocycles. The molecule has 0 saturated heterocycles. The fraction of sp³-hybridized carbons (Fsp3) is 1.00. The Morgan fingerprint density at radius 3 is 1.31 bits per heavy atom. The van der Waals surface area contributed by atoms with Crippen molar-refractivity contribution in [2.24, 2.45) is 0 Å². The Morgan fingerprint density at radius 1 is 0.923 bits per heavy atom. The number of hydrogen-bond acceptors (Lipinski definition) is 0. The van der Waals surface area contributed by atoms with E-state index in [0.29, 0.717) is 10.1 Å². The van der Waals surface area contributed by atoms with Gasteiger partial charge in [0, 0.05) is 0 Å². The van der Waals surface area contributed by atoms with E-state index in [1.54, 1.807) is 0 Å². The molecule has 0 heterocycles. The third kappa shape index (κ3) is 2.73. The molecule has 0 aromatic carbocycles. The zero-order chi connectivity index (χ0) is 10.9. The van der Waals surface area contributed by atoms with Crippen molar-refractivity contribution >= 4 is 18.5 Å². The Bertz CT molecular complexity index is 148. The molecule has 0 amide bonds. The molecule has 0 spiro atoms. The van der Waals surface area contributed by atoms with E-state index in [0.717, 1.165) is 0 Å². The van der Waals surface area contributed by atoms with Gasteiger partial charge in [0.1, 0.15) is 0 Å². The van der Waals surface area contributed by atoms with Crippen LogP contribution in [-0.4, -0.2) is 7.38 Å². The molecule has 0 rings (SSSR count). The van der Waals surface area contributed by atoms with Crippen molar-refractivity contribution in [3.8, 4) is 0 Å². The minimum atomic E-state index is -1.68. The van der Waals surface area contributed by atoms with Crippen molar-refractivity contribution in [1.82, 2.24) is 0 Å². The summed E-state index contributed by atoms with van der Waals surface area (Å²) in [5.74, 6) is 0. The molecule has 0 aliphatic carbocycles. The fourth-order valence-electron chi connectivity index (χ4n) is 2.22. The number of rotatable bonds is 2. The van der Waals surface area contributed by atoms with Crippen molar-refractivity contribution in [2.45, 2.75) is 71.0 Å². The summed E-state index contributed by atoms with van der Waals surface area (Å²) in [5, 5.41) is 0.589. The van der Waals surface area contributed by atoms with Crippen LogP contribution >= 0.6 is 11.1 Å². The molecule has 80 valence electrons. The van der Waals surface area contributed by atoms with Crippen LogP contribution in [0, 0.1) is 0 Å². The Hall–Kier alpha value is 0.507. The second kappa shape index (κ2) is 3.94. The van der Waals surface area contributed by atoms with Gasteiger partial charge < -0.3 is 0 Å². The fourth-order valence-corrected chi connectivity index (χ4v) is 7.23. The summed E-state index contributed by atoms with van der Waals surface area (Å²) < 4.78 is 0. The predicted molar refractivity (Wildman–Crippen MR) is 66.1 cm³/mol. The molecule has 0 radical (unpaired) electrons. The van der Waals surface area contributed by atoms with Gasteiger partial charge >= 0.3 is 0 Å². The normalized spacial score (nSPS) is 14.8. The quantitative estimate of drug-likeness (QED) is 0.444. The minimum absolute atomic E-state index is 0.294. The average Bonchev–Trinajstić information content (AvgIpc) is 1.82. The van der Waals surface area contributed by atoms with E-state index < -0.39 is 7.38 Å². The third-order valence-electron chi connectivity index (χ3n) is 2.97. The molecule has 0 aliphatic heterocycles. The summed E-state index contributed by atoms with van der Waals surface area (Å²) >= 11 is 6.93. The van der Waals surface area contributed by atoms with Crippen LogP contribution in [0.2, 0.25) is 16.1 Å². The highest BCUT2D eigenvalue weighted by Gasteiger charge is 2.50. The third-order valence-corrected chi connectivity index (χ3v) is 12.9. The minimum Gasteiger partial charge on any atom is -0.166 e. The molecule has 13 heavy (non-hydrogen) atoms. The molecule has 0 N–H and O–H groups in total. The Balaban J connectivity index is 4.96. The molecule has 0 aromatic rings. The van der Waals surface area contributed by atoms with Gasteiger partial charge in [0.05, 0.1) is 0 Å². The SMILES string of the molecule is CCC[Si](Cl)(C(C)(C)C)C(C)(C)C. The first-order valence-corrected chi connectivity index (χ1v) is 8.47. The van der Waals surface area contributed by atoms with Gasteiger partial charge in [0.15, 0.2) is 7.38 Å². The highest BCUT2D eigenvalue weighted by Crippen LogP contribution is 2.55. The maximum Gasteiger partial charge on any atom is 0.167 e. The van der Waals surface area contributed by atoms with Crippen LogP contribution in [0.5, 0.6) is 0 Å². The molecule has 0 saturated carbocycles. The van der Waals surface area contributed by atoms with Crippen molar-refractivity contribution in [2.75, 3.05) is 0 Å². The summed E-state index contributed by atoms with van der Waals surface area (Å²) in [6.45, 7) is 16.0. The molecule has 0 nitrogen and oxygen atoms in total. The zero-order valence-corrected chi connectivity index (χ0v) is 12.0. The van der Waals surface area contributed by atoms with E-state index >= 15 is 0 Å². The second-order valence-electron chi connectivity index (χ2n) is 6.05. The van der Waals surface area contributed by atoms with Gasteiger partial charge in [-0.2, -0.15) is 11.1 Å². The first-order chi connectivity index (χ1) is 5.56. The van der Waals surface area contributed by atoms with Gasteiger partial charge in [-0.05, 0) is 16.1 Å². The first-order valence-electron chi connectivity index (χ1n) is 5.25. The monoisotopic (exact) mass is 220 g/mol. The van der Waals surface area contributed by atoms with Crippen LogP contribution in [0.3, 0.4) is 0 Å². The van der Waals surface area contributed by atoms with Gasteiger partial charge in [0.25, 0.3) is 0 Å². The summed E-state index contributed by atoms with van der Waals surface area (Å²) in [6, 6.07) is 1.22. The highest BCUT2D eigenvalue weighted by atomic mass is 35.6. The second-order valence-corrected chi connectivity index (χ2v) is 13.1. The molecular formula is C11H25ClSi. The summed E-state index contributed by atoms with van der Waals surface area (Å²) in [5.41, 5.74) is 0. The lowest BCUT2D eigenvalue weighted by Gasteiger charge is -2.47. The average molecular weight is 221 g/mol. The van der Waals surface area contributed by atoms with Crippen molar-refractivity contribution in [1.29, 1.82) is 0 Å². The van der Waals surface area contributed by atoms with E-state index in [4.69, 9.17) is 11.1 Å². The lowest BCUT2D eigenvalue weighted by Crippen LogP contribution is -2.46. The standard InChI is InChI=1S/C11H25ClSi/c1-8-9-13(12,10(2,3)4)11(5,6)7/h8-9H2,1-7H3. The van der Waals surface area contributed by atoms with E-state index in [1.807, 2.05) is 0 Å². The number of halogens is 1. The van der Waals surface area contributed by atoms with Gasteiger partial charge in [-0.3, -0.25) is 0 Å². The molecular weight excluding hydrogens is 196 g/mol. The van der Waals surface area contributed by atoms with Gasteiger partial charge in [0.2, 0.25) is 0 Å². The van der Waals surface area contributed by atoms with Gasteiger partial charge in [-0.1, -0.05) is 54.9 Å². The molecule has 0 atom stereocenters. The topological polar surface area (TPSA) is 0 Å². The maximum atomic E-state index is 6.93. The van der Waals surface area contributed by atoms with E-state index in [2.05, 4.69) is 48.5 Å². The predicted octanol–water partition coefficient (Wildman–Crippen LogP) is 5.18. The molecule has 2 heteroatoms. The van der Waals surface area contributed by atoms with E-state index in [1.165, 1.54) is 12.5 Å². The van der Waals surface area contributed by atoms with E-state index in [-0.39, 0.29) is 0 Å². The molecule has 0 aliphatic rings. The van der Waals surface area contributed by atoms with Gasteiger partial charge in [-0.25, -0.2) is 0 Å². The van der Waals surface area contributed by atoms with E-state index in [9.17, 15) is 0 Å². The molecule has 0 bridgehead atoms. The summed E-state index contributed by atoms with van der Waals surface area (Å²) in [4.78, 5) is 0. The largest absolute Gasteiger partial charge is 0.167 e. The van der Waals surface area contributed by atoms with Gasteiger partial charge in [-0.15, -0.1) is 0 Å². The molecule has 0 unspecified atom stereocenters. The molecule has 0 fully saturated rings. The zero-order valence-electron chi connectivity index (χ0n) is 10.3. The van der Waals surface area contributed by atoms with Crippen LogP contribution in [0.25, 0.3) is 0 Å². The summed E-state index contributed by atoms with van der Waals surface area (Å²) in [7, 11) is -1.68. The Kier molecular flexibility index (Phi) is 4.09. The van der Waals surface area contributed by atoms with Crippen molar-refractivity contribution in [3.05, 3.63) is 0 Å². The van der Waals surface area contributed by atoms with Crippen LogP contribution in [0.15, 0.2) is 0 Å². The first kappa shape index (κ1) is 13.5. The maximum absolute atomic E-state index is 6.93. The van der Waals surface area contributed by atoms with Crippen molar-refractivity contribution in [3.63, 3.8) is 0 Å². The van der Waals surface area contributed by atoms with Crippen LogP contribution < -0.4 is 0 Å². The highest BCUT2D eigenvalue weighted by molar-refractivity contribution is 7.23. The van der Waals surface area contributed by atoms with Crippen LogP contribution in [0.4, 0.5) is 0 Å².